The number of para-hydroxylation sites is 1. The molecular weight excluding hydrogens is 286 g/mol. The highest BCUT2D eigenvalue weighted by Gasteiger charge is 2.03. The lowest BCUT2D eigenvalue weighted by Gasteiger charge is -2.16. The molecular formula is C12H16BrNO3. The van der Waals surface area contributed by atoms with Gasteiger partial charge in [-0.05, 0) is 35.1 Å². The zero-order valence-corrected chi connectivity index (χ0v) is 11.3. The minimum Gasteiger partial charge on any atom is -0.491 e. The van der Waals surface area contributed by atoms with Crippen molar-refractivity contribution in [2.45, 2.75) is 6.42 Å². The Morgan fingerprint density at radius 3 is 2.76 bits per heavy atom. The molecule has 0 spiro atoms. The number of carboxylic acids is 1. The summed E-state index contributed by atoms with van der Waals surface area (Å²) in [6.07, 6.45) is 0.158. The maximum absolute atomic E-state index is 10.4. The van der Waals surface area contributed by atoms with Crippen LogP contribution in [-0.4, -0.2) is 42.7 Å². The third-order valence-corrected chi connectivity index (χ3v) is 2.93. The van der Waals surface area contributed by atoms with Crippen molar-refractivity contribution in [3.8, 4) is 5.75 Å². The van der Waals surface area contributed by atoms with Crippen LogP contribution in [0.1, 0.15) is 6.42 Å². The van der Waals surface area contributed by atoms with Gasteiger partial charge in [-0.1, -0.05) is 12.1 Å². The van der Waals surface area contributed by atoms with Gasteiger partial charge in [-0.3, -0.25) is 4.79 Å². The Kier molecular flexibility index (Phi) is 6.00. The van der Waals surface area contributed by atoms with Crippen molar-refractivity contribution in [1.82, 2.24) is 4.90 Å². The molecule has 0 heterocycles. The number of halogens is 1. The van der Waals surface area contributed by atoms with Crippen molar-refractivity contribution in [2.24, 2.45) is 0 Å². The molecule has 0 aliphatic carbocycles. The second-order valence-electron chi connectivity index (χ2n) is 3.73. The van der Waals surface area contributed by atoms with Gasteiger partial charge in [-0.25, -0.2) is 0 Å². The van der Waals surface area contributed by atoms with Crippen LogP contribution in [0.3, 0.4) is 0 Å². The Morgan fingerprint density at radius 1 is 1.41 bits per heavy atom. The third-order valence-electron chi connectivity index (χ3n) is 2.27. The predicted octanol–water partition coefficient (Wildman–Crippen LogP) is 2.23. The van der Waals surface area contributed by atoms with Crippen LogP contribution in [0.2, 0.25) is 0 Å². The molecule has 0 saturated carbocycles. The highest BCUT2D eigenvalue weighted by molar-refractivity contribution is 9.10. The molecule has 0 amide bonds. The van der Waals surface area contributed by atoms with E-state index in [1.54, 1.807) is 0 Å². The average molecular weight is 302 g/mol. The molecule has 4 nitrogen and oxygen atoms in total. The van der Waals surface area contributed by atoms with Gasteiger partial charge in [-0.2, -0.15) is 0 Å². The monoisotopic (exact) mass is 301 g/mol. The van der Waals surface area contributed by atoms with Crippen LogP contribution in [-0.2, 0) is 4.79 Å². The molecule has 0 bridgehead atoms. The SMILES string of the molecule is CN(CCOc1ccccc1Br)CCC(=O)O. The summed E-state index contributed by atoms with van der Waals surface area (Å²) in [4.78, 5) is 12.3. The Labute approximate surface area is 109 Å². The molecule has 1 rings (SSSR count). The standard InChI is InChI=1S/C12H16BrNO3/c1-14(7-6-12(15)16)8-9-17-11-5-3-2-4-10(11)13/h2-5H,6-9H2,1H3,(H,15,16). The molecule has 0 radical (unpaired) electrons. The topological polar surface area (TPSA) is 49.8 Å². The number of nitrogens with zero attached hydrogens (tertiary/aromatic N) is 1. The minimum atomic E-state index is -0.774. The molecule has 94 valence electrons. The van der Waals surface area contributed by atoms with Gasteiger partial charge in [0.05, 0.1) is 10.9 Å². The van der Waals surface area contributed by atoms with Crippen LogP contribution in [0, 0.1) is 0 Å². The summed E-state index contributed by atoms with van der Waals surface area (Å²) in [6, 6.07) is 7.65. The number of hydrogen-bond acceptors (Lipinski definition) is 3. The van der Waals surface area contributed by atoms with Crippen LogP contribution in [0.25, 0.3) is 0 Å². The van der Waals surface area contributed by atoms with E-state index < -0.39 is 5.97 Å². The molecule has 0 atom stereocenters. The van der Waals surface area contributed by atoms with E-state index in [0.717, 1.165) is 10.2 Å². The largest absolute Gasteiger partial charge is 0.491 e. The molecule has 0 fully saturated rings. The highest BCUT2D eigenvalue weighted by Crippen LogP contribution is 2.23. The van der Waals surface area contributed by atoms with Gasteiger partial charge >= 0.3 is 5.97 Å². The Balaban J connectivity index is 2.24. The van der Waals surface area contributed by atoms with E-state index in [1.807, 2.05) is 36.2 Å². The van der Waals surface area contributed by atoms with Crippen LogP contribution in [0.4, 0.5) is 0 Å². The second-order valence-corrected chi connectivity index (χ2v) is 4.58. The summed E-state index contributed by atoms with van der Waals surface area (Å²) in [5.74, 6) is 0.0303. The summed E-state index contributed by atoms with van der Waals surface area (Å²) in [6.45, 7) is 1.78. The van der Waals surface area contributed by atoms with Gasteiger partial charge in [0, 0.05) is 13.1 Å². The Morgan fingerprint density at radius 2 is 2.12 bits per heavy atom. The molecule has 0 aromatic heterocycles. The zero-order valence-electron chi connectivity index (χ0n) is 9.73. The summed E-state index contributed by atoms with van der Waals surface area (Å²) in [5, 5.41) is 8.54. The maximum atomic E-state index is 10.4. The fraction of sp³-hybridized carbons (Fsp3) is 0.417. The first kappa shape index (κ1) is 14.0. The Bertz CT molecular complexity index is 371. The van der Waals surface area contributed by atoms with E-state index in [0.29, 0.717) is 19.7 Å². The van der Waals surface area contributed by atoms with Crippen molar-refractivity contribution in [2.75, 3.05) is 26.7 Å². The number of benzene rings is 1. The van der Waals surface area contributed by atoms with Gasteiger partial charge in [0.15, 0.2) is 0 Å². The summed E-state index contributed by atoms with van der Waals surface area (Å²) >= 11 is 3.40. The van der Waals surface area contributed by atoms with Gasteiger partial charge in [-0.15, -0.1) is 0 Å². The van der Waals surface area contributed by atoms with E-state index >= 15 is 0 Å². The minimum absolute atomic E-state index is 0.158. The number of aliphatic carboxylic acids is 1. The fourth-order valence-corrected chi connectivity index (χ4v) is 1.67. The summed E-state index contributed by atoms with van der Waals surface area (Å²) in [5.41, 5.74) is 0. The van der Waals surface area contributed by atoms with Gasteiger partial charge in [0.2, 0.25) is 0 Å². The quantitative estimate of drug-likeness (QED) is 0.839. The van der Waals surface area contributed by atoms with Crippen molar-refractivity contribution in [3.05, 3.63) is 28.7 Å². The van der Waals surface area contributed by atoms with Gasteiger partial charge in [0.25, 0.3) is 0 Å². The molecule has 0 saturated heterocycles. The number of hydrogen-bond donors (Lipinski definition) is 1. The Hall–Kier alpha value is -1.07. The van der Waals surface area contributed by atoms with E-state index in [9.17, 15) is 4.79 Å². The molecule has 0 aliphatic rings. The number of likely N-dealkylation sites (N-methyl/N-ethyl adjacent to an activating group) is 1. The molecule has 0 aliphatic heterocycles. The zero-order chi connectivity index (χ0) is 12.7. The van der Waals surface area contributed by atoms with Crippen LogP contribution < -0.4 is 4.74 Å². The van der Waals surface area contributed by atoms with Gasteiger partial charge < -0.3 is 14.7 Å². The van der Waals surface area contributed by atoms with E-state index in [1.165, 1.54) is 0 Å². The number of rotatable bonds is 7. The van der Waals surface area contributed by atoms with Gasteiger partial charge in [0.1, 0.15) is 12.4 Å². The first-order valence-corrected chi connectivity index (χ1v) is 6.16. The van der Waals surface area contributed by atoms with Crippen molar-refractivity contribution in [1.29, 1.82) is 0 Å². The molecule has 1 N–H and O–H groups in total. The lowest BCUT2D eigenvalue weighted by Crippen LogP contribution is -2.26. The third kappa shape index (κ3) is 5.70. The lowest BCUT2D eigenvalue weighted by molar-refractivity contribution is -0.137. The second kappa shape index (κ2) is 7.29. The summed E-state index contributed by atoms with van der Waals surface area (Å²) < 4.78 is 6.50. The van der Waals surface area contributed by atoms with Crippen LogP contribution >= 0.6 is 15.9 Å². The van der Waals surface area contributed by atoms with Crippen LogP contribution in [0.15, 0.2) is 28.7 Å². The highest BCUT2D eigenvalue weighted by atomic mass is 79.9. The number of ether oxygens (including phenoxy) is 1. The predicted molar refractivity (Wildman–Crippen MR) is 69.4 cm³/mol. The van der Waals surface area contributed by atoms with Crippen molar-refractivity contribution >= 4 is 21.9 Å². The molecule has 1 aromatic carbocycles. The maximum Gasteiger partial charge on any atom is 0.304 e. The van der Waals surface area contributed by atoms with Crippen molar-refractivity contribution < 1.29 is 14.6 Å². The van der Waals surface area contributed by atoms with E-state index in [2.05, 4.69) is 15.9 Å². The van der Waals surface area contributed by atoms with E-state index in [4.69, 9.17) is 9.84 Å². The smallest absolute Gasteiger partial charge is 0.304 e. The number of carbonyl (C=O) groups is 1. The molecule has 17 heavy (non-hydrogen) atoms. The first-order chi connectivity index (χ1) is 8.09. The average Bonchev–Trinajstić information content (AvgIpc) is 2.29. The number of carboxylic acid groups (broad SMARTS) is 1. The molecule has 5 heteroatoms. The normalized spacial score (nSPS) is 10.5. The molecule has 1 aromatic rings. The lowest BCUT2D eigenvalue weighted by atomic mass is 10.3. The first-order valence-electron chi connectivity index (χ1n) is 5.37. The van der Waals surface area contributed by atoms with Crippen LogP contribution in [0.5, 0.6) is 5.75 Å². The summed E-state index contributed by atoms with van der Waals surface area (Å²) in [7, 11) is 1.88. The molecule has 0 unspecified atom stereocenters. The van der Waals surface area contributed by atoms with E-state index in [-0.39, 0.29) is 6.42 Å². The fourth-order valence-electron chi connectivity index (χ4n) is 1.27. The van der Waals surface area contributed by atoms with Crippen molar-refractivity contribution in [3.63, 3.8) is 0 Å².